The van der Waals surface area contributed by atoms with Gasteiger partial charge in [-0.15, -0.1) is 11.3 Å². The number of thiazole rings is 1. The largest absolute Gasteiger partial charge is 0.307 e. The fraction of sp³-hybridized carbons (Fsp3) is 0.357. The monoisotopic (exact) mass is 280 g/mol. The Bertz CT molecular complexity index is 511. The summed E-state index contributed by atoms with van der Waals surface area (Å²) in [5.74, 6) is 0. The van der Waals surface area contributed by atoms with Gasteiger partial charge in [-0.25, -0.2) is 4.98 Å². The number of halogens is 1. The number of nitrogens with one attached hydrogen (secondary N) is 1. The summed E-state index contributed by atoms with van der Waals surface area (Å²) in [6.45, 7) is 7.34. The summed E-state index contributed by atoms with van der Waals surface area (Å²) >= 11 is 7.59. The van der Waals surface area contributed by atoms with E-state index in [1.165, 1.54) is 4.88 Å². The van der Waals surface area contributed by atoms with Crippen molar-refractivity contribution >= 4 is 22.9 Å². The first-order chi connectivity index (χ1) is 8.44. The van der Waals surface area contributed by atoms with Crippen LogP contribution in [-0.4, -0.2) is 10.5 Å². The molecule has 0 saturated carbocycles. The van der Waals surface area contributed by atoms with Gasteiger partial charge in [0.05, 0.1) is 0 Å². The van der Waals surface area contributed by atoms with E-state index in [0.717, 1.165) is 22.1 Å². The Labute approximate surface area is 117 Å². The Kier molecular flexibility index (Phi) is 4.05. The summed E-state index contributed by atoms with van der Waals surface area (Å²) in [4.78, 5) is 5.70. The van der Waals surface area contributed by atoms with Crippen LogP contribution in [0.2, 0.25) is 5.02 Å². The molecule has 2 rings (SSSR count). The predicted molar refractivity (Wildman–Crippen MR) is 79.2 cm³/mol. The summed E-state index contributed by atoms with van der Waals surface area (Å²) in [6, 6.07) is 7.79. The van der Waals surface area contributed by atoms with E-state index in [2.05, 4.69) is 31.1 Å². The topological polar surface area (TPSA) is 24.9 Å². The molecule has 0 spiro atoms. The molecule has 0 bridgehead atoms. The minimum absolute atomic E-state index is 0.129. The van der Waals surface area contributed by atoms with Crippen LogP contribution in [0.5, 0.6) is 0 Å². The van der Waals surface area contributed by atoms with Crippen LogP contribution in [0.4, 0.5) is 0 Å². The maximum absolute atomic E-state index is 5.88. The van der Waals surface area contributed by atoms with Gasteiger partial charge in [-0.1, -0.05) is 23.7 Å². The van der Waals surface area contributed by atoms with E-state index >= 15 is 0 Å². The van der Waals surface area contributed by atoms with Crippen molar-refractivity contribution in [1.29, 1.82) is 0 Å². The fourth-order valence-corrected chi connectivity index (χ4v) is 2.45. The van der Waals surface area contributed by atoms with Crippen molar-refractivity contribution in [3.8, 4) is 10.6 Å². The lowest BCUT2D eigenvalue weighted by Crippen LogP contribution is -2.34. The lowest BCUT2D eigenvalue weighted by Gasteiger charge is -2.19. The predicted octanol–water partition coefficient (Wildman–Crippen LogP) is 4.35. The molecule has 0 atom stereocenters. The van der Waals surface area contributed by atoms with Gasteiger partial charge >= 0.3 is 0 Å². The summed E-state index contributed by atoms with van der Waals surface area (Å²) in [5, 5.41) is 5.26. The van der Waals surface area contributed by atoms with Crippen LogP contribution in [0.15, 0.2) is 30.5 Å². The Balaban J connectivity index is 2.08. The van der Waals surface area contributed by atoms with Gasteiger partial charge in [0.2, 0.25) is 0 Å². The van der Waals surface area contributed by atoms with Crippen molar-refractivity contribution in [2.24, 2.45) is 0 Å². The Morgan fingerprint density at radius 3 is 2.50 bits per heavy atom. The number of aromatic nitrogens is 1. The number of hydrogen-bond donors (Lipinski definition) is 1. The van der Waals surface area contributed by atoms with Crippen LogP contribution in [-0.2, 0) is 6.54 Å². The molecular formula is C14H17ClN2S. The first-order valence-corrected chi connectivity index (χ1v) is 7.09. The Morgan fingerprint density at radius 2 is 1.89 bits per heavy atom. The lowest BCUT2D eigenvalue weighted by atomic mass is 10.1. The molecule has 0 unspecified atom stereocenters. The van der Waals surface area contributed by atoms with Crippen LogP contribution in [0.3, 0.4) is 0 Å². The smallest absolute Gasteiger partial charge is 0.123 e. The van der Waals surface area contributed by atoms with E-state index in [9.17, 15) is 0 Å². The number of hydrogen-bond acceptors (Lipinski definition) is 3. The van der Waals surface area contributed by atoms with E-state index in [4.69, 9.17) is 11.6 Å². The third-order valence-corrected chi connectivity index (χ3v) is 3.74. The normalized spacial score (nSPS) is 11.8. The minimum Gasteiger partial charge on any atom is -0.307 e. The highest BCUT2D eigenvalue weighted by atomic mass is 35.5. The van der Waals surface area contributed by atoms with Crippen molar-refractivity contribution in [3.63, 3.8) is 0 Å². The zero-order chi connectivity index (χ0) is 13.2. The molecule has 1 N–H and O–H groups in total. The van der Waals surface area contributed by atoms with Crippen LogP contribution in [0.25, 0.3) is 10.6 Å². The molecule has 1 heterocycles. The van der Waals surface area contributed by atoms with E-state index in [0.29, 0.717) is 0 Å². The van der Waals surface area contributed by atoms with Gasteiger partial charge in [-0.2, -0.15) is 0 Å². The average Bonchev–Trinajstić information content (AvgIpc) is 2.75. The average molecular weight is 281 g/mol. The SMILES string of the molecule is CC(C)(C)NCc1cnc(-c2ccc(Cl)cc2)s1. The standard InChI is InChI=1S/C14H17ClN2S/c1-14(2,3)17-9-12-8-16-13(18-12)10-4-6-11(15)7-5-10/h4-8,17H,9H2,1-3H3. The van der Waals surface area contributed by atoms with Crippen molar-refractivity contribution in [2.75, 3.05) is 0 Å². The molecule has 0 fully saturated rings. The Morgan fingerprint density at radius 1 is 1.22 bits per heavy atom. The van der Waals surface area contributed by atoms with Gasteiger partial charge < -0.3 is 5.32 Å². The lowest BCUT2D eigenvalue weighted by molar-refractivity contribution is 0.426. The van der Waals surface area contributed by atoms with Gasteiger partial charge in [-0.3, -0.25) is 0 Å². The molecule has 0 aliphatic carbocycles. The maximum Gasteiger partial charge on any atom is 0.123 e. The zero-order valence-corrected chi connectivity index (χ0v) is 12.4. The number of rotatable bonds is 3. The van der Waals surface area contributed by atoms with Gasteiger partial charge in [-0.05, 0) is 32.9 Å². The minimum atomic E-state index is 0.129. The molecule has 0 radical (unpaired) electrons. The van der Waals surface area contributed by atoms with Gasteiger partial charge in [0, 0.05) is 33.7 Å². The van der Waals surface area contributed by atoms with E-state index in [-0.39, 0.29) is 5.54 Å². The molecule has 0 aliphatic rings. The Hall–Kier alpha value is -0.900. The molecule has 0 aliphatic heterocycles. The highest BCUT2D eigenvalue weighted by Crippen LogP contribution is 2.26. The molecular weight excluding hydrogens is 264 g/mol. The van der Waals surface area contributed by atoms with Crippen LogP contribution in [0, 0.1) is 0 Å². The van der Waals surface area contributed by atoms with Crippen LogP contribution >= 0.6 is 22.9 Å². The van der Waals surface area contributed by atoms with E-state index in [1.807, 2.05) is 30.5 Å². The molecule has 1 aromatic heterocycles. The summed E-state index contributed by atoms with van der Waals surface area (Å²) < 4.78 is 0. The van der Waals surface area contributed by atoms with Crippen LogP contribution in [0.1, 0.15) is 25.6 Å². The number of nitrogens with zero attached hydrogens (tertiary/aromatic N) is 1. The van der Waals surface area contributed by atoms with E-state index in [1.54, 1.807) is 11.3 Å². The maximum atomic E-state index is 5.88. The third-order valence-electron chi connectivity index (χ3n) is 2.44. The molecule has 0 saturated heterocycles. The van der Waals surface area contributed by atoms with Crippen molar-refractivity contribution in [3.05, 3.63) is 40.4 Å². The van der Waals surface area contributed by atoms with E-state index < -0.39 is 0 Å². The zero-order valence-electron chi connectivity index (χ0n) is 10.8. The second-order valence-corrected chi connectivity index (χ2v) is 6.79. The first-order valence-electron chi connectivity index (χ1n) is 5.90. The quantitative estimate of drug-likeness (QED) is 0.904. The molecule has 4 heteroatoms. The van der Waals surface area contributed by atoms with Gasteiger partial charge in [0.25, 0.3) is 0 Å². The van der Waals surface area contributed by atoms with Crippen molar-refractivity contribution < 1.29 is 0 Å². The second-order valence-electron chi connectivity index (χ2n) is 5.24. The van der Waals surface area contributed by atoms with Crippen LogP contribution < -0.4 is 5.32 Å². The fourth-order valence-electron chi connectivity index (χ4n) is 1.47. The highest BCUT2D eigenvalue weighted by Gasteiger charge is 2.10. The second kappa shape index (κ2) is 5.39. The molecule has 96 valence electrons. The molecule has 0 amide bonds. The summed E-state index contributed by atoms with van der Waals surface area (Å²) in [5.41, 5.74) is 1.25. The highest BCUT2D eigenvalue weighted by molar-refractivity contribution is 7.15. The summed E-state index contributed by atoms with van der Waals surface area (Å²) in [7, 11) is 0. The molecule has 2 aromatic rings. The van der Waals surface area contributed by atoms with Gasteiger partial charge in [0.1, 0.15) is 5.01 Å². The molecule has 1 aromatic carbocycles. The van der Waals surface area contributed by atoms with Crippen molar-refractivity contribution in [1.82, 2.24) is 10.3 Å². The number of benzene rings is 1. The summed E-state index contributed by atoms with van der Waals surface area (Å²) in [6.07, 6.45) is 1.94. The van der Waals surface area contributed by atoms with Gasteiger partial charge in [0.15, 0.2) is 0 Å². The molecule has 2 nitrogen and oxygen atoms in total. The first kappa shape index (κ1) is 13.5. The van der Waals surface area contributed by atoms with Crippen molar-refractivity contribution in [2.45, 2.75) is 32.9 Å². The molecule has 18 heavy (non-hydrogen) atoms. The third kappa shape index (κ3) is 3.80.